The zero-order chi connectivity index (χ0) is 14.8. The van der Waals surface area contributed by atoms with Gasteiger partial charge >= 0.3 is 0 Å². The van der Waals surface area contributed by atoms with Crippen LogP contribution in [0.3, 0.4) is 0 Å². The summed E-state index contributed by atoms with van der Waals surface area (Å²) in [6.07, 6.45) is 0.735. The third-order valence-corrected chi connectivity index (χ3v) is 5.06. The molecule has 0 radical (unpaired) electrons. The second-order valence-electron chi connectivity index (χ2n) is 4.83. The maximum Gasteiger partial charge on any atom is 0.263 e. The summed E-state index contributed by atoms with van der Waals surface area (Å²) in [5.74, 6) is -0.110. The summed E-state index contributed by atoms with van der Waals surface area (Å²) in [6, 6.07) is 6.06. The van der Waals surface area contributed by atoms with Crippen molar-refractivity contribution in [3.8, 4) is 0 Å². The van der Waals surface area contributed by atoms with Gasteiger partial charge < -0.3 is 11.1 Å². The highest BCUT2D eigenvalue weighted by molar-refractivity contribution is 7.21. The van der Waals surface area contributed by atoms with Crippen LogP contribution in [0.25, 0.3) is 10.1 Å². The van der Waals surface area contributed by atoms with Crippen molar-refractivity contribution in [2.75, 3.05) is 12.3 Å². The molecule has 0 atom stereocenters. The van der Waals surface area contributed by atoms with Gasteiger partial charge in [-0.25, -0.2) is 4.98 Å². The quantitative estimate of drug-likeness (QED) is 0.776. The molecule has 4 nitrogen and oxygen atoms in total. The van der Waals surface area contributed by atoms with Crippen LogP contribution in [0.4, 0.5) is 5.69 Å². The zero-order valence-corrected chi connectivity index (χ0v) is 13.2. The molecule has 2 aromatic heterocycles. The molecule has 1 aromatic carbocycles. The first kappa shape index (κ1) is 14.0. The summed E-state index contributed by atoms with van der Waals surface area (Å²) >= 11 is 3.00. The second-order valence-corrected chi connectivity index (χ2v) is 6.60. The largest absolute Gasteiger partial charge is 0.397 e. The van der Waals surface area contributed by atoms with Crippen LogP contribution in [0.5, 0.6) is 0 Å². The summed E-state index contributed by atoms with van der Waals surface area (Å²) in [4.78, 5) is 17.0. The number of rotatable bonds is 4. The number of carbonyl (C=O) groups is 1. The van der Waals surface area contributed by atoms with Gasteiger partial charge in [-0.1, -0.05) is 11.6 Å². The highest BCUT2D eigenvalue weighted by Gasteiger charge is 2.16. The van der Waals surface area contributed by atoms with Gasteiger partial charge in [-0.3, -0.25) is 4.79 Å². The van der Waals surface area contributed by atoms with E-state index in [1.807, 2.05) is 30.5 Å². The third kappa shape index (κ3) is 2.91. The fourth-order valence-corrected chi connectivity index (χ4v) is 3.76. The van der Waals surface area contributed by atoms with E-state index in [2.05, 4.69) is 10.3 Å². The van der Waals surface area contributed by atoms with Crippen molar-refractivity contribution in [2.24, 2.45) is 0 Å². The van der Waals surface area contributed by atoms with Crippen molar-refractivity contribution in [1.82, 2.24) is 10.3 Å². The van der Waals surface area contributed by atoms with Crippen LogP contribution in [0.2, 0.25) is 0 Å². The van der Waals surface area contributed by atoms with Gasteiger partial charge in [-0.15, -0.1) is 22.7 Å². The molecule has 0 bridgehead atoms. The van der Waals surface area contributed by atoms with E-state index >= 15 is 0 Å². The molecule has 0 aliphatic carbocycles. The van der Waals surface area contributed by atoms with Crippen LogP contribution in [-0.4, -0.2) is 17.4 Å². The minimum absolute atomic E-state index is 0.110. The first-order chi connectivity index (χ1) is 10.1. The SMILES string of the molecule is Cc1ccc2sc(C(=O)NCCc3cscn3)c(N)c2c1. The Balaban J connectivity index is 1.73. The van der Waals surface area contributed by atoms with Crippen LogP contribution >= 0.6 is 22.7 Å². The summed E-state index contributed by atoms with van der Waals surface area (Å²) < 4.78 is 1.04. The molecule has 3 N–H and O–H groups in total. The van der Waals surface area contributed by atoms with Crippen LogP contribution in [-0.2, 0) is 6.42 Å². The monoisotopic (exact) mass is 317 g/mol. The van der Waals surface area contributed by atoms with Gasteiger partial charge in [0.05, 0.1) is 16.9 Å². The van der Waals surface area contributed by atoms with E-state index in [1.54, 1.807) is 16.8 Å². The molecule has 6 heteroatoms. The molecule has 0 spiro atoms. The third-order valence-electron chi connectivity index (χ3n) is 3.24. The zero-order valence-electron chi connectivity index (χ0n) is 11.6. The predicted octanol–water partition coefficient (Wildman–Crippen LogP) is 3.22. The number of nitrogens with two attached hydrogens (primary N) is 1. The minimum atomic E-state index is -0.110. The average Bonchev–Trinajstić information content (AvgIpc) is 3.08. The number of hydrogen-bond acceptors (Lipinski definition) is 5. The van der Waals surface area contributed by atoms with Crippen LogP contribution in [0.15, 0.2) is 29.1 Å². The van der Waals surface area contributed by atoms with Crippen molar-refractivity contribution >= 4 is 44.4 Å². The molecule has 0 fully saturated rings. The molecule has 0 unspecified atom stereocenters. The maximum atomic E-state index is 12.3. The Hall–Kier alpha value is -1.92. The number of thiophene rings is 1. The number of thiazole rings is 1. The van der Waals surface area contributed by atoms with Crippen LogP contribution < -0.4 is 11.1 Å². The van der Waals surface area contributed by atoms with Gasteiger partial charge in [0.15, 0.2) is 0 Å². The van der Waals surface area contributed by atoms with E-state index in [1.165, 1.54) is 11.3 Å². The lowest BCUT2D eigenvalue weighted by molar-refractivity contribution is 0.0959. The number of anilines is 1. The van der Waals surface area contributed by atoms with E-state index in [0.717, 1.165) is 27.8 Å². The normalized spacial score (nSPS) is 10.9. The molecule has 1 amide bonds. The van der Waals surface area contributed by atoms with Gasteiger partial charge in [-0.05, 0) is 19.1 Å². The fraction of sp³-hybridized carbons (Fsp3) is 0.200. The van der Waals surface area contributed by atoms with E-state index < -0.39 is 0 Å². The van der Waals surface area contributed by atoms with Gasteiger partial charge in [0.1, 0.15) is 4.88 Å². The van der Waals surface area contributed by atoms with Gasteiger partial charge in [0.2, 0.25) is 0 Å². The molecule has 3 aromatic rings. The summed E-state index contributed by atoms with van der Waals surface area (Å²) in [5.41, 5.74) is 10.6. The number of benzene rings is 1. The van der Waals surface area contributed by atoms with E-state index in [9.17, 15) is 4.79 Å². The average molecular weight is 317 g/mol. The van der Waals surface area contributed by atoms with Crippen molar-refractivity contribution < 1.29 is 4.79 Å². The number of fused-ring (bicyclic) bond motifs is 1. The Labute approximate surface area is 130 Å². The van der Waals surface area contributed by atoms with Gasteiger partial charge in [-0.2, -0.15) is 0 Å². The molecular weight excluding hydrogens is 302 g/mol. The van der Waals surface area contributed by atoms with E-state index in [4.69, 9.17) is 5.73 Å². The predicted molar refractivity (Wildman–Crippen MR) is 89.1 cm³/mol. The van der Waals surface area contributed by atoms with E-state index in [0.29, 0.717) is 17.1 Å². The first-order valence-corrected chi connectivity index (χ1v) is 8.35. The number of amides is 1. The number of nitrogen functional groups attached to an aromatic ring is 1. The lowest BCUT2D eigenvalue weighted by Crippen LogP contribution is -2.25. The summed E-state index contributed by atoms with van der Waals surface area (Å²) in [5, 5.41) is 5.86. The van der Waals surface area contributed by atoms with Gasteiger partial charge in [0.25, 0.3) is 5.91 Å². The molecule has 108 valence electrons. The molecule has 0 aliphatic rings. The Bertz CT molecular complexity index is 778. The molecular formula is C15H15N3OS2. The number of hydrogen-bond donors (Lipinski definition) is 2. The summed E-state index contributed by atoms with van der Waals surface area (Å²) in [7, 11) is 0. The van der Waals surface area contributed by atoms with Crippen molar-refractivity contribution in [1.29, 1.82) is 0 Å². The molecule has 0 aliphatic heterocycles. The van der Waals surface area contributed by atoms with Crippen LogP contribution in [0.1, 0.15) is 20.9 Å². The van der Waals surface area contributed by atoms with Crippen molar-refractivity contribution in [2.45, 2.75) is 13.3 Å². The molecule has 3 rings (SSSR count). The Morgan fingerprint density at radius 2 is 2.29 bits per heavy atom. The topological polar surface area (TPSA) is 68.0 Å². The van der Waals surface area contributed by atoms with Crippen molar-refractivity contribution in [3.63, 3.8) is 0 Å². The Morgan fingerprint density at radius 3 is 3.05 bits per heavy atom. The van der Waals surface area contributed by atoms with Crippen LogP contribution in [0, 0.1) is 6.92 Å². The number of aryl methyl sites for hydroxylation is 1. The standard InChI is InChI=1S/C15H15N3OS2/c1-9-2-3-12-11(6-9)13(16)14(21-12)15(19)17-5-4-10-7-20-8-18-10/h2-3,6-8H,4-5,16H2,1H3,(H,17,19). The number of nitrogens with one attached hydrogen (secondary N) is 1. The highest BCUT2D eigenvalue weighted by atomic mass is 32.1. The molecule has 0 saturated heterocycles. The number of nitrogens with zero attached hydrogens (tertiary/aromatic N) is 1. The lowest BCUT2D eigenvalue weighted by Gasteiger charge is -2.03. The Morgan fingerprint density at radius 1 is 1.43 bits per heavy atom. The molecule has 2 heterocycles. The highest BCUT2D eigenvalue weighted by Crippen LogP contribution is 2.34. The second kappa shape index (κ2) is 5.83. The molecule has 21 heavy (non-hydrogen) atoms. The lowest BCUT2D eigenvalue weighted by atomic mass is 10.1. The first-order valence-electron chi connectivity index (χ1n) is 6.59. The van der Waals surface area contributed by atoms with Gasteiger partial charge in [0, 0.05) is 28.4 Å². The summed E-state index contributed by atoms with van der Waals surface area (Å²) in [6.45, 7) is 2.58. The smallest absolute Gasteiger partial charge is 0.263 e. The van der Waals surface area contributed by atoms with E-state index in [-0.39, 0.29) is 5.91 Å². The minimum Gasteiger partial charge on any atom is -0.397 e. The fourth-order valence-electron chi connectivity index (χ4n) is 2.14. The molecule has 0 saturated carbocycles. The number of aromatic nitrogens is 1. The number of carbonyl (C=O) groups excluding carboxylic acids is 1. The van der Waals surface area contributed by atoms with Crippen molar-refractivity contribution in [3.05, 3.63) is 45.2 Å². The maximum absolute atomic E-state index is 12.3. The Kier molecular flexibility index (Phi) is 3.90.